The van der Waals surface area contributed by atoms with Crippen molar-refractivity contribution in [3.05, 3.63) is 64.2 Å². The van der Waals surface area contributed by atoms with Crippen molar-refractivity contribution in [3.8, 4) is 6.07 Å². The molecule has 0 aliphatic carbocycles. The highest BCUT2D eigenvalue weighted by atomic mass is 35.5. The molecule has 0 spiro atoms. The van der Waals surface area contributed by atoms with Crippen molar-refractivity contribution >= 4 is 51.3 Å². The van der Waals surface area contributed by atoms with Crippen LogP contribution >= 0.6 is 23.8 Å². The van der Waals surface area contributed by atoms with E-state index < -0.39 is 0 Å². The second-order valence-corrected chi connectivity index (χ2v) is 7.53. The zero-order valence-electron chi connectivity index (χ0n) is 16.3. The Kier molecular flexibility index (Phi) is 6.86. The number of fused-ring (bicyclic) bond motifs is 1. The second-order valence-electron chi connectivity index (χ2n) is 6.72. The molecule has 0 saturated carbocycles. The molecule has 1 heterocycles. The van der Waals surface area contributed by atoms with Crippen LogP contribution in [-0.2, 0) is 0 Å². The molecular weight excluding hydrogens is 402 g/mol. The van der Waals surface area contributed by atoms with Gasteiger partial charge in [0.15, 0.2) is 5.11 Å². The molecule has 7 heteroatoms. The number of thiocarbonyl (C=S) groups is 1. The average molecular weight is 424 g/mol. The number of aryl methyl sites for hydroxylation is 2. The first kappa shape index (κ1) is 20.8. The lowest BCUT2D eigenvalue weighted by Gasteiger charge is -2.13. The Hall–Kier alpha value is -2.88. The zero-order valence-corrected chi connectivity index (χ0v) is 17.9. The van der Waals surface area contributed by atoms with Gasteiger partial charge in [-0.3, -0.25) is 0 Å². The predicted molar refractivity (Wildman–Crippen MR) is 125 cm³/mol. The van der Waals surface area contributed by atoms with E-state index in [-0.39, 0.29) is 0 Å². The minimum atomic E-state index is 0.519. The van der Waals surface area contributed by atoms with Gasteiger partial charge in [0.05, 0.1) is 21.8 Å². The average Bonchev–Trinajstić information content (AvgIpc) is 2.72. The highest BCUT2D eigenvalue weighted by molar-refractivity contribution is 7.80. The third kappa shape index (κ3) is 5.14. The molecule has 3 N–H and O–H groups in total. The quantitative estimate of drug-likeness (QED) is 0.375. The minimum Gasteiger partial charge on any atom is -0.369 e. The maximum absolute atomic E-state index is 9.46. The Morgan fingerprint density at radius 3 is 2.72 bits per heavy atom. The highest BCUT2D eigenvalue weighted by Crippen LogP contribution is 2.24. The lowest BCUT2D eigenvalue weighted by Crippen LogP contribution is -2.30. The number of aromatic nitrogens is 1. The molecule has 0 aliphatic rings. The lowest BCUT2D eigenvalue weighted by molar-refractivity contribution is 0.807. The highest BCUT2D eigenvalue weighted by Gasteiger charge is 2.09. The first-order valence-corrected chi connectivity index (χ1v) is 10.1. The SMILES string of the molecule is Cc1ccc2cc(C#N)c(NCCCNC(=S)Nc3ccccc3Cl)nc2c1C. The van der Waals surface area contributed by atoms with Crippen LogP contribution in [0.4, 0.5) is 11.5 Å². The van der Waals surface area contributed by atoms with Crippen LogP contribution in [0.15, 0.2) is 42.5 Å². The van der Waals surface area contributed by atoms with Gasteiger partial charge in [-0.25, -0.2) is 4.98 Å². The molecule has 0 aliphatic heterocycles. The first-order valence-electron chi connectivity index (χ1n) is 9.34. The summed E-state index contributed by atoms with van der Waals surface area (Å²) >= 11 is 11.4. The van der Waals surface area contributed by atoms with E-state index in [2.05, 4.69) is 41.9 Å². The van der Waals surface area contributed by atoms with Crippen LogP contribution in [-0.4, -0.2) is 23.2 Å². The van der Waals surface area contributed by atoms with Gasteiger partial charge >= 0.3 is 0 Å². The molecule has 1 aromatic heterocycles. The Morgan fingerprint density at radius 1 is 1.17 bits per heavy atom. The van der Waals surface area contributed by atoms with E-state index in [4.69, 9.17) is 28.8 Å². The number of para-hydroxylation sites is 1. The van der Waals surface area contributed by atoms with Crippen LogP contribution in [0.5, 0.6) is 0 Å². The first-order chi connectivity index (χ1) is 14.0. The molecular formula is C22H22ClN5S. The van der Waals surface area contributed by atoms with Gasteiger partial charge in [-0.05, 0) is 61.8 Å². The van der Waals surface area contributed by atoms with Gasteiger partial charge in [0.1, 0.15) is 11.9 Å². The monoisotopic (exact) mass is 423 g/mol. The largest absolute Gasteiger partial charge is 0.369 e. The van der Waals surface area contributed by atoms with Crippen molar-refractivity contribution in [3.63, 3.8) is 0 Å². The summed E-state index contributed by atoms with van der Waals surface area (Å²) in [4.78, 5) is 4.70. The van der Waals surface area contributed by atoms with Crippen molar-refractivity contribution in [1.29, 1.82) is 5.26 Å². The molecule has 3 rings (SSSR count). The fourth-order valence-electron chi connectivity index (χ4n) is 2.93. The van der Waals surface area contributed by atoms with E-state index in [9.17, 15) is 5.26 Å². The fourth-order valence-corrected chi connectivity index (χ4v) is 3.32. The number of nitrogens with one attached hydrogen (secondary N) is 3. The Morgan fingerprint density at radius 2 is 1.97 bits per heavy atom. The number of pyridine rings is 1. The van der Waals surface area contributed by atoms with Crippen LogP contribution in [0.1, 0.15) is 23.1 Å². The van der Waals surface area contributed by atoms with Gasteiger partial charge in [-0.1, -0.05) is 35.9 Å². The predicted octanol–water partition coefficient (Wildman–Crippen LogP) is 5.17. The lowest BCUT2D eigenvalue weighted by atomic mass is 10.0. The summed E-state index contributed by atoms with van der Waals surface area (Å²) < 4.78 is 0. The summed E-state index contributed by atoms with van der Waals surface area (Å²) in [5.74, 6) is 0.616. The molecule has 0 bridgehead atoms. The Labute approximate surface area is 181 Å². The van der Waals surface area contributed by atoms with Crippen LogP contribution < -0.4 is 16.0 Å². The Bertz CT molecular complexity index is 1090. The molecule has 0 amide bonds. The molecule has 2 aromatic carbocycles. The number of nitrogens with zero attached hydrogens (tertiary/aromatic N) is 2. The minimum absolute atomic E-state index is 0.519. The number of halogens is 1. The number of nitriles is 1. The van der Waals surface area contributed by atoms with Gasteiger partial charge in [0.25, 0.3) is 0 Å². The maximum atomic E-state index is 9.46. The fraction of sp³-hybridized carbons (Fsp3) is 0.227. The number of hydrogen-bond donors (Lipinski definition) is 3. The van der Waals surface area contributed by atoms with E-state index in [1.54, 1.807) is 0 Å². The third-order valence-electron chi connectivity index (χ3n) is 4.69. The van der Waals surface area contributed by atoms with Crippen molar-refractivity contribution in [2.24, 2.45) is 0 Å². The molecule has 0 saturated heterocycles. The van der Waals surface area contributed by atoms with Crippen molar-refractivity contribution in [1.82, 2.24) is 10.3 Å². The van der Waals surface area contributed by atoms with Crippen LogP contribution in [0, 0.1) is 25.2 Å². The normalized spacial score (nSPS) is 10.4. The molecule has 29 heavy (non-hydrogen) atoms. The zero-order chi connectivity index (χ0) is 20.8. The maximum Gasteiger partial charge on any atom is 0.170 e. The Balaban J connectivity index is 1.54. The summed E-state index contributed by atoms with van der Waals surface area (Å²) in [6, 6.07) is 15.6. The van der Waals surface area contributed by atoms with Crippen LogP contribution in [0.25, 0.3) is 10.9 Å². The molecule has 0 fully saturated rings. The standard InChI is InChI=1S/C22H22ClN5S/c1-14-8-9-16-12-17(13-24)21(28-20(16)15(14)2)25-10-5-11-26-22(29)27-19-7-4-3-6-18(19)23/h3-4,6-9,12H,5,10-11H2,1-2H3,(H,25,28)(H2,26,27,29). The number of benzene rings is 2. The summed E-state index contributed by atoms with van der Waals surface area (Å²) in [5, 5.41) is 21.1. The van der Waals surface area contributed by atoms with Gasteiger partial charge in [-0.15, -0.1) is 0 Å². The topological polar surface area (TPSA) is 72.8 Å². The molecule has 0 radical (unpaired) electrons. The summed E-state index contributed by atoms with van der Waals surface area (Å²) in [5.41, 5.74) is 4.56. The van der Waals surface area contributed by atoms with Gasteiger partial charge < -0.3 is 16.0 Å². The van der Waals surface area contributed by atoms with Crippen molar-refractivity contribution in [2.45, 2.75) is 20.3 Å². The van der Waals surface area contributed by atoms with E-state index >= 15 is 0 Å². The molecule has 0 unspecified atom stereocenters. The van der Waals surface area contributed by atoms with E-state index in [0.717, 1.165) is 28.6 Å². The summed E-state index contributed by atoms with van der Waals surface area (Å²) in [6.45, 7) is 5.46. The van der Waals surface area contributed by atoms with Crippen molar-refractivity contribution in [2.75, 3.05) is 23.7 Å². The van der Waals surface area contributed by atoms with Crippen molar-refractivity contribution < 1.29 is 0 Å². The van der Waals surface area contributed by atoms with Gasteiger partial charge in [0, 0.05) is 18.5 Å². The third-order valence-corrected chi connectivity index (χ3v) is 5.26. The van der Waals surface area contributed by atoms with Gasteiger partial charge in [0.2, 0.25) is 0 Å². The number of anilines is 2. The molecule has 148 valence electrons. The van der Waals surface area contributed by atoms with Crippen LogP contribution in [0.2, 0.25) is 5.02 Å². The summed E-state index contributed by atoms with van der Waals surface area (Å²) in [6.07, 6.45) is 0.807. The second kappa shape index (κ2) is 9.55. The number of hydrogen-bond acceptors (Lipinski definition) is 4. The molecule has 5 nitrogen and oxygen atoms in total. The summed E-state index contributed by atoms with van der Waals surface area (Å²) in [7, 11) is 0. The number of rotatable bonds is 6. The van der Waals surface area contributed by atoms with E-state index in [0.29, 0.717) is 34.6 Å². The van der Waals surface area contributed by atoms with E-state index in [1.807, 2.05) is 36.4 Å². The van der Waals surface area contributed by atoms with Gasteiger partial charge in [-0.2, -0.15) is 5.26 Å². The van der Waals surface area contributed by atoms with Crippen LogP contribution in [0.3, 0.4) is 0 Å². The molecule has 3 aromatic rings. The molecule has 0 atom stereocenters. The van der Waals surface area contributed by atoms with E-state index in [1.165, 1.54) is 5.56 Å². The smallest absolute Gasteiger partial charge is 0.170 e.